The Morgan fingerprint density at radius 2 is 2.24 bits per heavy atom. The smallest absolute Gasteiger partial charge is 0.298 e. The predicted molar refractivity (Wildman–Crippen MR) is 140 cm³/mol. The lowest BCUT2D eigenvalue weighted by atomic mass is 10.0. The van der Waals surface area contributed by atoms with E-state index in [1.165, 1.54) is 13.2 Å². The highest BCUT2D eigenvalue weighted by molar-refractivity contribution is 6.32. The van der Waals surface area contributed by atoms with Gasteiger partial charge in [-0.05, 0) is 31.4 Å². The monoisotopic (exact) mass is 537 g/mol. The number of aromatic amines is 1. The number of H-pyrrole nitrogens is 1. The van der Waals surface area contributed by atoms with Crippen LogP contribution in [-0.2, 0) is 11.2 Å². The number of hydrogen-bond acceptors (Lipinski definition) is 6. The summed E-state index contributed by atoms with van der Waals surface area (Å²) in [5.41, 5.74) is 3.01. The number of nitrogens with zero attached hydrogens (tertiary/aromatic N) is 2. The minimum atomic E-state index is -0.561. The Balaban J connectivity index is 1.52. The van der Waals surface area contributed by atoms with E-state index >= 15 is 0 Å². The van der Waals surface area contributed by atoms with E-state index in [4.69, 9.17) is 21.1 Å². The maximum Gasteiger partial charge on any atom is 0.298 e. The average Bonchev–Trinajstić information content (AvgIpc) is 3.23. The number of likely N-dealkylation sites (tertiary alicyclic amines) is 1. The first-order valence-electron chi connectivity index (χ1n) is 12.0. The Bertz CT molecular complexity index is 1480. The number of halogens is 2. The van der Waals surface area contributed by atoms with E-state index in [0.717, 1.165) is 18.2 Å². The fourth-order valence-electron chi connectivity index (χ4n) is 4.65. The number of pyridine rings is 1. The molecule has 2 aliphatic heterocycles. The quantitative estimate of drug-likeness (QED) is 0.394. The summed E-state index contributed by atoms with van der Waals surface area (Å²) in [5, 5.41) is 6.12. The Kier molecular flexibility index (Phi) is 7.11. The van der Waals surface area contributed by atoms with Crippen LogP contribution >= 0.6 is 11.6 Å². The Labute approximate surface area is 223 Å². The first-order valence-corrected chi connectivity index (χ1v) is 12.4. The third-order valence-corrected chi connectivity index (χ3v) is 6.84. The van der Waals surface area contributed by atoms with Crippen molar-refractivity contribution in [1.82, 2.24) is 20.2 Å². The summed E-state index contributed by atoms with van der Waals surface area (Å²) in [6.07, 6.45) is 4.57. The fourth-order valence-corrected chi connectivity index (χ4v) is 4.93. The van der Waals surface area contributed by atoms with E-state index in [1.54, 1.807) is 30.3 Å². The highest BCUT2D eigenvalue weighted by atomic mass is 35.5. The summed E-state index contributed by atoms with van der Waals surface area (Å²) in [4.78, 5) is 34.4. The second-order valence-electron chi connectivity index (χ2n) is 8.83. The van der Waals surface area contributed by atoms with Gasteiger partial charge in [-0.15, -0.1) is 0 Å². The molecule has 38 heavy (non-hydrogen) atoms. The standard InChI is InChI=1S/C27H25ClFN5O4/c1-3-4-22(35)34-10-7-16(34)14-38-21-13-30-8-5-17(21)24-25(23-19(32-24)6-9-31-27(23)36)33-20-12-15(29)11-18(28)26(20)37-2/h5,8,11-13,16,32-33H,6-7,9-10,14H2,1-2H3,(H,31,36)/t16-/m1/s1. The number of benzene rings is 1. The molecule has 196 valence electrons. The van der Waals surface area contributed by atoms with Gasteiger partial charge in [-0.1, -0.05) is 17.5 Å². The SMILES string of the molecule is CC#CC(=O)N1CC[C@@H]1COc1cnccc1-c1[nH]c2c(c1Nc1cc(F)cc(Cl)c1OC)C(=O)NCC2. The highest BCUT2D eigenvalue weighted by Crippen LogP contribution is 2.43. The van der Waals surface area contributed by atoms with Crippen LogP contribution in [0.25, 0.3) is 11.3 Å². The van der Waals surface area contributed by atoms with Crippen molar-refractivity contribution >= 4 is 34.8 Å². The van der Waals surface area contributed by atoms with Crippen molar-refractivity contribution in [3.05, 3.63) is 52.7 Å². The van der Waals surface area contributed by atoms with Crippen LogP contribution in [0.3, 0.4) is 0 Å². The number of ether oxygens (including phenoxy) is 2. The lowest BCUT2D eigenvalue weighted by Gasteiger charge is -2.39. The van der Waals surface area contributed by atoms with Crippen molar-refractivity contribution in [2.45, 2.75) is 25.8 Å². The van der Waals surface area contributed by atoms with E-state index in [-0.39, 0.29) is 40.9 Å². The van der Waals surface area contributed by atoms with Crippen LogP contribution in [0, 0.1) is 17.7 Å². The number of fused-ring (bicyclic) bond motifs is 1. The number of carbonyl (C=O) groups is 2. The lowest BCUT2D eigenvalue weighted by Crippen LogP contribution is -2.53. The van der Waals surface area contributed by atoms with Gasteiger partial charge in [0.2, 0.25) is 0 Å². The molecule has 3 N–H and O–H groups in total. The molecule has 0 unspecified atom stereocenters. The minimum absolute atomic E-state index is 0.0886. The second-order valence-corrected chi connectivity index (χ2v) is 9.23. The van der Waals surface area contributed by atoms with E-state index in [0.29, 0.717) is 47.8 Å². The molecular weight excluding hydrogens is 513 g/mol. The van der Waals surface area contributed by atoms with Crippen LogP contribution in [0.5, 0.6) is 11.5 Å². The second kappa shape index (κ2) is 10.6. The molecule has 1 atom stereocenters. The molecule has 11 heteroatoms. The number of rotatable bonds is 7. The van der Waals surface area contributed by atoms with E-state index in [9.17, 15) is 14.0 Å². The lowest BCUT2D eigenvalue weighted by molar-refractivity contribution is -0.133. The van der Waals surface area contributed by atoms with Crippen molar-refractivity contribution < 1.29 is 23.5 Å². The van der Waals surface area contributed by atoms with Gasteiger partial charge in [-0.2, -0.15) is 0 Å². The van der Waals surface area contributed by atoms with E-state index in [1.807, 2.05) is 0 Å². The van der Waals surface area contributed by atoms with Crippen LogP contribution in [0.4, 0.5) is 15.8 Å². The van der Waals surface area contributed by atoms with Crippen molar-refractivity contribution in [1.29, 1.82) is 0 Å². The van der Waals surface area contributed by atoms with Crippen molar-refractivity contribution in [2.24, 2.45) is 0 Å². The number of hydrogen-bond donors (Lipinski definition) is 3. The van der Waals surface area contributed by atoms with Crippen molar-refractivity contribution in [3.63, 3.8) is 0 Å². The normalized spacial score (nSPS) is 15.9. The molecule has 2 amide bonds. The van der Waals surface area contributed by atoms with Crippen molar-refractivity contribution in [3.8, 4) is 34.6 Å². The topological polar surface area (TPSA) is 109 Å². The summed E-state index contributed by atoms with van der Waals surface area (Å²) >= 11 is 6.22. The first-order chi connectivity index (χ1) is 18.4. The van der Waals surface area contributed by atoms with Crippen LogP contribution < -0.4 is 20.1 Å². The minimum Gasteiger partial charge on any atom is -0.493 e. The van der Waals surface area contributed by atoms with Gasteiger partial charge >= 0.3 is 0 Å². The van der Waals surface area contributed by atoms with Crippen LogP contribution in [0.1, 0.15) is 29.4 Å². The van der Waals surface area contributed by atoms with Gasteiger partial charge in [0, 0.05) is 43.0 Å². The Morgan fingerprint density at radius 1 is 1.39 bits per heavy atom. The van der Waals surface area contributed by atoms with Gasteiger partial charge < -0.3 is 30.0 Å². The molecule has 4 heterocycles. The third kappa shape index (κ3) is 4.73. The van der Waals surface area contributed by atoms with Crippen molar-refractivity contribution in [2.75, 3.05) is 32.1 Å². The van der Waals surface area contributed by atoms with E-state index in [2.05, 4.69) is 32.4 Å². The molecular formula is C27H25ClFN5O4. The summed E-state index contributed by atoms with van der Waals surface area (Å²) in [6, 6.07) is 4.06. The number of anilines is 2. The zero-order valence-electron chi connectivity index (χ0n) is 20.8. The maximum atomic E-state index is 14.3. The molecule has 5 rings (SSSR count). The van der Waals surface area contributed by atoms with Gasteiger partial charge in [0.1, 0.15) is 18.2 Å². The fraction of sp³-hybridized carbons (Fsp3) is 0.296. The number of nitrogens with one attached hydrogen (secondary N) is 3. The third-order valence-electron chi connectivity index (χ3n) is 6.56. The molecule has 0 saturated carbocycles. The van der Waals surface area contributed by atoms with Crippen LogP contribution in [-0.4, -0.2) is 59.5 Å². The molecule has 1 aromatic carbocycles. The highest BCUT2D eigenvalue weighted by Gasteiger charge is 2.33. The number of methoxy groups -OCH3 is 1. The molecule has 0 bridgehead atoms. The largest absolute Gasteiger partial charge is 0.493 e. The van der Waals surface area contributed by atoms with Gasteiger partial charge in [0.15, 0.2) is 5.75 Å². The number of aromatic nitrogens is 2. The first kappa shape index (κ1) is 25.4. The van der Waals surface area contributed by atoms with Gasteiger partial charge in [-0.25, -0.2) is 4.39 Å². The van der Waals surface area contributed by atoms with Gasteiger partial charge in [0.05, 0.1) is 47.0 Å². The summed E-state index contributed by atoms with van der Waals surface area (Å²) < 4.78 is 25.8. The summed E-state index contributed by atoms with van der Waals surface area (Å²) in [5.74, 6) is 4.84. The molecule has 1 fully saturated rings. The number of carbonyl (C=O) groups excluding carboxylic acids is 2. The number of amides is 2. The Morgan fingerprint density at radius 3 is 2.97 bits per heavy atom. The van der Waals surface area contributed by atoms with Gasteiger partial charge in [-0.3, -0.25) is 14.6 Å². The van der Waals surface area contributed by atoms with Crippen LogP contribution in [0.2, 0.25) is 5.02 Å². The maximum absolute atomic E-state index is 14.3. The molecule has 9 nitrogen and oxygen atoms in total. The molecule has 2 aliphatic rings. The van der Waals surface area contributed by atoms with Crippen LogP contribution in [0.15, 0.2) is 30.6 Å². The molecule has 2 aromatic heterocycles. The van der Waals surface area contributed by atoms with Gasteiger partial charge in [0.25, 0.3) is 11.8 Å². The predicted octanol–water partition coefficient (Wildman–Crippen LogP) is 3.91. The average molecular weight is 538 g/mol. The molecule has 3 aromatic rings. The summed E-state index contributed by atoms with van der Waals surface area (Å²) in [6.45, 7) is 2.99. The molecule has 0 radical (unpaired) electrons. The molecule has 0 aliphatic carbocycles. The zero-order valence-corrected chi connectivity index (χ0v) is 21.5. The molecule has 1 saturated heterocycles. The van der Waals surface area contributed by atoms with E-state index < -0.39 is 5.82 Å². The zero-order chi connectivity index (χ0) is 26.8. The summed E-state index contributed by atoms with van der Waals surface area (Å²) in [7, 11) is 1.43. The Hall–Kier alpha value is -4.23. The molecule has 0 spiro atoms.